The van der Waals surface area contributed by atoms with Crippen LogP contribution in [0.2, 0.25) is 0 Å². The van der Waals surface area contributed by atoms with E-state index in [4.69, 9.17) is 13.9 Å². The van der Waals surface area contributed by atoms with Gasteiger partial charge in [0.25, 0.3) is 0 Å². The molecule has 0 aliphatic heterocycles. The summed E-state index contributed by atoms with van der Waals surface area (Å²) in [7, 11) is 5.33. The number of benzene rings is 2. The highest BCUT2D eigenvalue weighted by Crippen LogP contribution is 2.27. The first-order chi connectivity index (χ1) is 12.1. The zero-order chi connectivity index (χ0) is 17.8. The monoisotopic (exact) mass is 343 g/mol. The molecular weight excluding hydrogens is 320 g/mol. The topological polar surface area (TPSA) is 58.0 Å². The van der Waals surface area contributed by atoms with Crippen LogP contribution < -0.4 is 20.1 Å². The number of nitrogens with one attached hydrogen (secondary N) is 1. The van der Waals surface area contributed by atoms with E-state index in [0.717, 1.165) is 30.0 Å². The summed E-state index contributed by atoms with van der Waals surface area (Å²) in [6, 6.07) is 13.4. The van der Waals surface area contributed by atoms with E-state index in [1.807, 2.05) is 42.5 Å². The highest BCUT2D eigenvalue weighted by Gasteiger charge is 2.13. The summed E-state index contributed by atoms with van der Waals surface area (Å²) in [5.41, 5.74) is 2.62. The molecule has 0 radical (unpaired) electrons. The molecule has 132 valence electrons. The number of para-hydroxylation sites is 2. The molecule has 2 aromatic carbocycles. The first-order valence-corrected chi connectivity index (χ1v) is 8.23. The summed E-state index contributed by atoms with van der Waals surface area (Å²) in [4.78, 5) is 13.3. The number of hydrogen-bond acceptors (Lipinski definition) is 4. The standard InChI is InChI=1S/C19H22N2O4/c1-20(11-10-14-8-9-17(23-2)18(12-14)24-3)13-21-15-6-4-5-7-16(15)25-19(21)22/h4-9,12H,10-11,13H2,1-3H3/p+1. The Morgan fingerprint density at radius 1 is 1.08 bits per heavy atom. The van der Waals surface area contributed by atoms with Crippen molar-refractivity contribution < 1.29 is 18.8 Å². The van der Waals surface area contributed by atoms with E-state index in [9.17, 15) is 4.79 Å². The summed E-state index contributed by atoms with van der Waals surface area (Å²) in [5.74, 6) is 1.14. The molecule has 0 aliphatic rings. The summed E-state index contributed by atoms with van der Waals surface area (Å²) in [6.45, 7) is 1.44. The van der Waals surface area contributed by atoms with E-state index in [2.05, 4.69) is 7.05 Å². The van der Waals surface area contributed by atoms with Crippen molar-refractivity contribution in [1.82, 2.24) is 4.57 Å². The molecule has 0 bridgehead atoms. The third-order valence-electron chi connectivity index (χ3n) is 4.29. The molecule has 0 aliphatic carbocycles. The molecule has 0 saturated carbocycles. The van der Waals surface area contributed by atoms with Crippen molar-refractivity contribution in [1.29, 1.82) is 0 Å². The van der Waals surface area contributed by atoms with Crippen LogP contribution in [0.15, 0.2) is 51.7 Å². The molecule has 3 rings (SSSR count). The fourth-order valence-corrected chi connectivity index (χ4v) is 2.91. The summed E-state index contributed by atoms with van der Waals surface area (Å²) >= 11 is 0. The van der Waals surface area contributed by atoms with E-state index in [1.165, 1.54) is 10.5 Å². The molecule has 3 aromatic rings. The highest BCUT2D eigenvalue weighted by atomic mass is 16.5. The van der Waals surface area contributed by atoms with E-state index in [1.54, 1.807) is 18.8 Å². The molecule has 6 nitrogen and oxygen atoms in total. The van der Waals surface area contributed by atoms with E-state index in [0.29, 0.717) is 12.3 Å². The van der Waals surface area contributed by atoms with Crippen molar-refractivity contribution in [3.05, 3.63) is 58.6 Å². The number of nitrogens with zero attached hydrogens (tertiary/aromatic N) is 1. The molecule has 25 heavy (non-hydrogen) atoms. The van der Waals surface area contributed by atoms with Crippen molar-refractivity contribution in [2.24, 2.45) is 0 Å². The summed E-state index contributed by atoms with van der Waals surface area (Å²) in [5, 5.41) is 0. The number of hydrogen-bond donors (Lipinski definition) is 1. The van der Waals surface area contributed by atoms with E-state index < -0.39 is 0 Å². The van der Waals surface area contributed by atoms with Crippen LogP contribution in [-0.2, 0) is 13.1 Å². The Kier molecular flexibility index (Phi) is 5.09. The normalized spacial score (nSPS) is 12.3. The van der Waals surface area contributed by atoms with Crippen molar-refractivity contribution in [3.8, 4) is 11.5 Å². The molecule has 0 fully saturated rings. The van der Waals surface area contributed by atoms with Gasteiger partial charge in [0.1, 0.15) is 0 Å². The Balaban J connectivity index is 1.68. The largest absolute Gasteiger partial charge is 0.493 e. The lowest BCUT2D eigenvalue weighted by Gasteiger charge is -2.15. The number of methoxy groups -OCH3 is 2. The molecule has 0 spiro atoms. The minimum Gasteiger partial charge on any atom is -0.493 e. The first-order valence-electron chi connectivity index (χ1n) is 8.23. The molecule has 0 saturated heterocycles. The zero-order valence-electron chi connectivity index (χ0n) is 14.7. The Morgan fingerprint density at radius 2 is 1.84 bits per heavy atom. The third kappa shape index (κ3) is 3.69. The quantitative estimate of drug-likeness (QED) is 0.703. The lowest BCUT2D eigenvalue weighted by molar-refractivity contribution is -0.902. The van der Waals surface area contributed by atoms with Gasteiger partial charge in [-0.05, 0) is 29.8 Å². The van der Waals surface area contributed by atoms with Crippen molar-refractivity contribution in [3.63, 3.8) is 0 Å². The van der Waals surface area contributed by atoms with Gasteiger partial charge in [0.15, 0.2) is 23.8 Å². The van der Waals surface area contributed by atoms with Crippen molar-refractivity contribution >= 4 is 11.1 Å². The average Bonchev–Trinajstić information content (AvgIpc) is 2.95. The lowest BCUT2D eigenvalue weighted by Crippen LogP contribution is -3.08. The number of rotatable bonds is 7. The van der Waals surface area contributed by atoms with Gasteiger partial charge >= 0.3 is 5.76 Å². The fourth-order valence-electron chi connectivity index (χ4n) is 2.91. The van der Waals surface area contributed by atoms with Crippen LogP contribution in [0.4, 0.5) is 0 Å². The van der Waals surface area contributed by atoms with Gasteiger partial charge in [0, 0.05) is 6.42 Å². The molecule has 1 atom stereocenters. The summed E-state index contributed by atoms with van der Waals surface area (Å²) < 4.78 is 17.6. The maximum Gasteiger partial charge on any atom is 0.424 e. The molecule has 0 amide bonds. The Morgan fingerprint density at radius 3 is 2.60 bits per heavy atom. The molecule has 1 aromatic heterocycles. The van der Waals surface area contributed by atoms with Gasteiger partial charge in [0.2, 0.25) is 0 Å². The Hall–Kier alpha value is -2.73. The number of fused-ring (bicyclic) bond motifs is 1. The minimum atomic E-state index is -0.313. The van der Waals surface area contributed by atoms with Crippen molar-refractivity contribution in [2.45, 2.75) is 13.1 Å². The van der Waals surface area contributed by atoms with Crippen LogP contribution in [0, 0.1) is 0 Å². The van der Waals surface area contributed by atoms with Gasteiger partial charge in [-0.3, -0.25) is 0 Å². The minimum absolute atomic E-state index is 0.313. The molecule has 6 heteroatoms. The number of ether oxygens (including phenoxy) is 2. The van der Waals surface area contributed by atoms with Crippen LogP contribution in [-0.4, -0.2) is 32.4 Å². The molecule has 1 unspecified atom stereocenters. The number of likely N-dealkylation sites (N-methyl/N-ethyl adjacent to an activating group) is 1. The van der Waals surface area contributed by atoms with Gasteiger partial charge in [-0.2, -0.15) is 0 Å². The second-order valence-corrected chi connectivity index (χ2v) is 6.07. The molecular formula is C19H23N2O4+. The van der Waals surface area contributed by atoms with Gasteiger partial charge in [-0.25, -0.2) is 9.36 Å². The third-order valence-corrected chi connectivity index (χ3v) is 4.29. The number of quaternary nitrogens is 1. The smallest absolute Gasteiger partial charge is 0.424 e. The Bertz CT molecular complexity index is 913. The van der Waals surface area contributed by atoms with Crippen LogP contribution in [0.5, 0.6) is 11.5 Å². The predicted octanol–water partition coefficient (Wildman–Crippen LogP) is 1.33. The van der Waals surface area contributed by atoms with Gasteiger partial charge in [-0.15, -0.1) is 0 Å². The van der Waals surface area contributed by atoms with E-state index >= 15 is 0 Å². The van der Waals surface area contributed by atoms with Crippen molar-refractivity contribution in [2.75, 3.05) is 27.8 Å². The van der Waals surface area contributed by atoms with Crippen LogP contribution in [0.3, 0.4) is 0 Å². The van der Waals surface area contributed by atoms with Crippen LogP contribution >= 0.6 is 0 Å². The van der Waals surface area contributed by atoms with Gasteiger partial charge < -0.3 is 18.8 Å². The van der Waals surface area contributed by atoms with E-state index in [-0.39, 0.29) is 5.76 Å². The van der Waals surface area contributed by atoms with Gasteiger partial charge in [0.05, 0.1) is 33.3 Å². The zero-order valence-corrected chi connectivity index (χ0v) is 14.7. The number of aromatic nitrogens is 1. The maximum absolute atomic E-state index is 12.1. The summed E-state index contributed by atoms with van der Waals surface area (Å²) in [6.07, 6.45) is 0.872. The Labute approximate surface area is 146 Å². The van der Waals surface area contributed by atoms with Crippen LogP contribution in [0.1, 0.15) is 5.56 Å². The fraction of sp³-hybridized carbons (Fsp3) is 0.316. The maximum atomic E-state index is 12.1. The SMILES string of the molecule is COc1ccc(CC[NH+](C)Cn2c(=O)oc3ccccc32)cc1OC. The second-order valence-electron chi connectivity index (χ2n) is 6.07. The van der Waals surface area contributed by atoms with Crippen LogP contribution in [0.25, 0.3) is 11.1 Å². The average molecular weight is 343 g/mol. The predicted molar refractivity (Wildman–Crippen MR) is 95.5 cm³/mol. The lowest BCUT2D eigenvalue weighted by atomic mass is 10.1. The van der Waals surface area contributed by atoms with Gasteiger partial charge in [-0.1, -0.05) is 18.2 Å². The first kappa shape index (κ1) is 17.1. The molecule has 1 heterocycles. The highest BCUT2D eigenvalue weighted by molar-refractivity contribution is 5.72. The molecule has 1 N–H and O–H groups in total. The number of oxazole rings is 1. The second kappa shape index (κ2) is 7.44.